The molecule has 1 aromatic rings. The van der Waals surface area contributed by atoms with E-state index in [1.807, 2.05) is 12.1 Å². The Hall–Kier alpha value is -1.10. The Balaban J connectivity index is 1.50. The van der Waals surface area contributed by atoms with E-state index in [9.17, 15) is 5.11 Å². The summed E-state index contributed by atoms with van der Waals surface area (Å²) in [5.41, 5.74) is 1.15. The number of phenols is 1. The molecule has 1 spiro atoms. The van der Waals surface area contributed by atoms with Crippen LogP contribution in [0.2, 0.25) is 0 Å². The van der Waals surface area contributed by atoms with Crippen LogP contribution in [-0.2, 0) is 16.1 Å². The van der Waals surface area contributed by atoms with E-state index in [2.05, 4.69) is 5.32 Å². The summed E-state index contributed by atoms with van der Waals surface area (Å²) >= 11 is 0. The molecule has 0 radical (unpaired) electrons. The molecule has 1 unspecified atom stereocenters. The molecule has 4 heteroatoms. The van der Waals surface area contributed by atoms with Crippen molar-refractivity contribution in [3.05, 3.63) is 29.8 Å². The van der Waals surface area contributed by atoms with Gasteiger partial charge in [0.15, 0.2) is 0 Å². The van der Waals surface area contributed by atoms with Crippen LogP contribution in [0, 0.1) is 0 Å². The summed E-state index contributed by atoms with van der Waals surface area (Å²) in [6.07, 6.45) is 3.39. The molecule has 0 saturated carbocycles. The van der Waals surface area contributed by atoms with Gasteiger partial charge in [-0.05, 0) is 43.6 Å². The molecular weight excluding hydrogens is 242 g/mol. The van der Waals surface area contributed by atoms with Crippen molar-refractivity contribution in [3.63, 3.8) is 0 Å². The molecule has 2 heterocycles. The second-order valence-electron chi connectivity index (χ2n) is 5.55. The maximum absolute atomic E-state index is 9.24. The third-order valence-corrected chi connectivity index (χ3v) is 4.11. The Kier molecular flexibility index (Phi) is 3.73. The lowest BCUT2D eigenvalue weighted by Crippen LogP contribution is -2.41. The monoisotopic (exact) mass is 263 g/mol. The largest absolute Gasteiger partial charge is 0.508 e. The molecule has 0 amide bonds. The predicted molar refractivity (Wildman–Crippen MR) is 72.1 cm³/mol. The van der Waals surface area contributed by atoms with Crippen molar-refractivity contribution in [3.8, 4) is 5.75 Å². The fourth-order valence-electron chi connectivity index (χ4n) is 2.95. The van der Waals surface area contributed by atoms with Gasteiger partial charge < -0.3 is 19.9 Å². The zero-order valence-corrected chi connectivity index (χ0v) is 11.1. The number of aromatic hydroxyl groups is 1. The van der Waals surface area contributed by atoms with E-state index in [4.69, 9.17) is 9.47 Å². The van der Waals surface area contributed by atoms with Crippen molar-refractivity contribution in [1.29, 1.82) is 0 Å². The quantitative estimate of drug-likeness (QED) is 0.873. The van der Waals surface area contributed by atoms with Gasteiger partial charge in [-0.25, -0.2) is 0 Å². The van der Waals surface area contributed by atoms with Gasteiger partial charge in [-0.1, -0.05) is 12.1 Å². The number of phenolic OH excluding ortho intramolecular Hbond substituents is 1. The van der Waals surface area contributed by atoms with E-state index >= 15 is 0 Å². The highest BCUT2D eigenvalue weighted by Gasteiger charge is 2.41. The SMILES string of the molecule is Oc1ccc(COC2COC3(CCNCC3)C2)cc1. The van der Waals surface area contributed by atoms with Crippen molar-refractivity contribution in [2.45, 2.75) is 37.6 Å². The Bertz CT molecular complexity index is 412. The first kappa shape index (κ1) is 12.9. The van der Waals surface area contributed by atoms with Crippen molar-refractivity contribution < 1.29 is 14.6 Å². The van der Waals surface area contributed by atoms with E-state index < -0.39 is 0 Å². The molecule has 0 aliphatic carbocycles. The van der Waals surface area contributed by atoms with Gasteiger partial charge in [0.25, 0.3) is 0 Å². The molecule has 2 saturated heterocycles. The summed E-state index contributed by atoms with van der Waals surface area (Å²) in [5, 5.41) is 12.6. The van der Waals surface area contributed by atoms with Crippen molar-refractivity contribution in [1.82, 2.24) is 5.32 Å². The van der Waals surface area contributed by atoms with Crippen molar-refractivity contribution in [2.75, 3.05) is 19.7 Å². The van der Waals surface area contributed by atoms with E-state index in [1.165, 1.54) is 0 Å². The molecule has 104 valence electrons. The summed E-state index contributed by atoms with van der Waals surface area (Å²) in [5.74, 6) is 0.293. The third kappa shape index (κ3) is 3.08. The van der Waals surface area contributed by atoms with Crippen LogP contribution in [0.15, 0.2) is 24.3 Å². The van der Waals surface area contributed by atoms with Gasteiger partial charge in [0.1, 0.15) is 5.75 Å². The second-order valence-corrected chi connectivity index (χ2v) is 5.55. The average molecular weight is 263 g/mol. The summed E-state index contributed by atoms with van der Waals surface area (Å²) < 4.78 is 11.9. The van der Waals surface area contributed by atoms with Gasteiger partial charge in [-0.15, -0.1) is 0 Å². The van der Waals surface area contributed by atoms with Crippen molar-refractivity contribution >= 4 is 0 Å². The number of hydrogen-bond acceptors (Lipinski definition) is 4. The van der Waals surface area contributed by atoms with Crippen LogP contribution in [0.5, 0.6) is 5.75 Å². The van der Waals surface area contributed by atoms with Crippen LogP contribution in [-0.4, -0.2) is 36.5 Å². The molecule has 0 aromatic heterocycles. The van der Waals surface area contributed by atoms with E-state index in [0.717, 1.165) is 37.9 Å². The minimum atomic E-state index is 0.0604. The molecule has 0 bridgehead atoms. The smallest absolute Gasteiger partial charge is 0.115 e. The van der Waals surface area contributed by atoms with E-state index in [-0.39, 0.29) is 11.7 Å². The average Bonchev–Trinajstić information content (AvgIpc) is 2.82. The van der Waals surface area contributed by atoms with E-state index in [0.29, 0.717) is 19.0 Å². The summed E-state index contributed by atoms with van der Waals surface area (Å²) in [7, 11) is 0. The predicted octanol–water partition coefficient (Wildman–Crippen LogP) is 1.82. The van der Waals surface area contributed by atoms with Gasteiger partial charge in [-0.2, -0.15) is 0 Å². The number of benzene rings is 1. The molecule has 2 aliphatic rings. The number of hydrogen-bond donors (Lipinski definition) is 2. The maximum Gasteiger partial charge on any atom is 0.115 e. The highest BCUT2D eigenvalue weighted by atomic mass is 16.6. The molecule has 1 aromatic carbocycles. The molecule has 3 rings (SSSR count). The molecule has 2 aliphatic heterocycles. The first-order chi connectivity index (χ1) is 9.26. The van der Waals surface area contributed by atoms with Crippen LogP contribution < -0.4 is 5.32 Å². The fraction of sp³-hybridized carbons (Fsp3) is 0.600. The van der Waals surface area contributed by atoms with Crippen LogP contribution >= 0.6 is 0 Å². The second kappa shape index (κ2) is 5.49. The minimum absolute atomic E-state index is 0.0604. The number of piperidine rings is 1. The molecule has 2 N–H and O–H groups in total. The van der Waals surface area contributed by atoms with Gasteiger partial charge >= 0.3 is 0 Å². The number of ether oxygens (including phenoxy) is 2. The maximum atomic E-state index is 9.24. The molecule has 19 heavy (non-hydrogen) atoms. The standard InChI is InChI=1S/C15H21NO3/c17-13-3-1-12(2-4-13)10-18-14-9-15(19-11-14)5-7-16-8-6-15/h1-4,14,16-17H,5-11H2. The Morgan fingerprint density at radius 2 is 2.00 bits per heavy atom. The highest BCUT2D eigenvalue weighted by molar-refractivity contribution is 5.25. The lowest BCUT2D eigenvalue weighted by Gasteiger charge is -2.32. The van der Waals surface area contributed by atoms with Crippen LogP contribution in [0.3, 0.4) is 0 Å². The first-order valence-corrected chi connectivity index (χ1v) is 7.00. The Morgan fingerprint density at radius 1 is 1.26 bits per heavy atom. The zero-order chi connectivity index (χ0) is 13.1. The third-order valence-electron chi connectivity index (χ3n) is 4.11. The number of nitrogens with one attached hydrogen (secondary N) is 1. The molecular formula is C15H21NO3. The Morgan fingerprint density at radius 3 is 2.74 bits per heavy atom. The molecule has 2 fully saturated rings. The van der Waals surface area contributed by atoms with Crippen molar-refractivity contribution in [2.24, 2.45) is 0 Å². The fourth-order valence-corrected chi connectivity index (χ4v) is 2.95. The van der Waals surface area contributed by atoms with Crippen LogP contribution in [0.4, 0.5) is 0 Å². The minimum Gasteiger partial charge on any atom is -0.508 e. The van der Waals surface area contributed by atoms with Gasteiger partial charge in [0.2, 0.25) is 0 Å². The van der Waals surface area contributed by atoms with Gasteiger partial charge in [0, 0.05) is 6.42 Å². The zero-order valence-electron chi connectivity index (χ0n) is 11.1. The summed E-state index contributed by atoms with van der Waals surface area (Å²) in [6.45, 7) is 3.39. The first-order valence-electron chi connectivity index (χ1n) is 7.00. The topological polar surface area (TPSA) is 50.7 Å². The lowest BCUT2D eigenvalue weighted by molar-refractivity contribution is -0.0240. The molecule has 4 nitrogen and oxygen atoms in total. The van der Waals surface area contributed by atoms with E-state index in [1.54, 1.807) is 12.1 Å². The van der Waals surface area contributed by atoms with Gasteiger partial charge in [-0.3, -0.25) is 0 Å². The lowest BCUT2D eigenvalue weighted by atomic mass is 9.89. The van der Waals surface area contributed by atoms with Crippen LogP contribution in [0.25, 0.3) is 0 Å². The Labute approximate surface area is 113 Å². The number of rotatable bonds is 3. The van der Waals surface area contributed by atoms with Crippen LogP contribution in [0.1, 0.15) is 24.8 Å². The van der Waals surface area contributed by atoms with Gasteiger partial charge in [0.05, 0.1) is 24.9 Å². The summed E-state index contributed by atoms with van der Waals surface area (Å²) in [6, 6.07) is 7.17. The normalized spacial score (nSPS) is 25.8. The molecule has 1 atom stereocenters. The summed E-state index contributed by atoms with van der Waals surface area (Å²) in [4.78, 5) is 0. The highest BCUT2D eigenvalue weighted by Crippen LogP contribution is 2.35.